The van der Waals surface area contributed by atoms with E-state index in [9.17, 15) is 0 Å². The van der Waals surface area contributed by atoms with Crippen molar-refractivity contribution in [3.05, 3.63) is 35.4 Å². The van der Waals surface area contributed by atoms with Crippen LogP contribution < -0.4 is 10.9 Å². The van der Waals surface area contributed by atoms with Crippen LogP contribution in [0.5, 0.6) is 0 Å². The number of benzene rings is 2. The van der Waals surface area contributed by atoms with E-state index in [2.05, 4.69) is 98.1 Å². The first-order chi connectivity index (χ1) is 16.6. The molecule has 0 unspecified atom stereocenters. The summed E-state index contributed by atoms with van der Waals surface area (Å²) >= 11 is 0. The standard InChI is InChI=1S/C29H39B2NO4/c1-17(2)32-22-15-20(30-33-26(3,4)27(5,6)34-30)13-18-11-12-19-14-21(16-23(32)25(19)24(18)22)31-35-28(7,8)29(9,10)36-31/h13-17H,11-12H2,1-10H3. The van der Waals surface area contributed by atoms with Gasteiger partial charge in [0.15, 0.2) is 0 Å². The second kappa shape index (κ2) is 7.41. The van der Waals surface area contributed by atoms with E-state index in [0.29, 0.717) is 6.04 Å². The number of hydrogen-bond donors (Lipinski definition) is 0. The molecular weight excluding hydrogens is 448 g/mol. The van der Waals surface area contributed by atoms with Crippen LogP contribution in [0, 0.1) is 0 Å². The normalized spacial score (nSPS) is 23.6. The van der Waals surface area contributed by atoms with Crippen molar-refractivity contribution in [1.29, 1.82) is 0 Å². The first kappa shape index (κ1) is 24.5. The van der Waals surface area contributed by atoms with Gasteiger partial charge < -0.3 is 23.2 Å². The van der Waals surface area contributed by atoms with E-state index in [1.165, 1.54) is 32.9 Å². The molecule has 2 fully saturated rings. The highest BCUT2D eigenvalue weighted by atomic mass is 16.7. The molecule has 190 valence electrons. The fourth-order valence-electron chi connectivity index (χ4n) is 5.96. The number of nitrogens with zero attached hydrogens (tertiary/aromatic N) is 1. The van der Waals surface area contributed by atoms with E-state index < -0.39 is 0 Å². The zero-order valence-electron chi connectivity index (χ0n) is 23.5. The van der Waals surface area contributed by atoms with Crippen molar-refractivity contribution in [2.45, 2.75) is 111 Å². The van der Waals surface area contributed by atoms with Crippen LogP contribution in [0.3, 0.4) is 0 Å². The van der Waals surface area contributed by atoms with E-state index in [1.54, 1.807) is 0 Å². The highest BCUT2D eigenvalue weighted by Gasteiger charge is 2.53. The van der Waals surface area contributed by atoms with Gasteiger partial charge in [0.25, 0.3) is 0 Å². The predicted molar refractivity (Wildman–Crippen MR) is 149 cm³/mol. The SMILES string of the molecule is CC(C)n1c2cc(B3OC(C)(C)C(C)(C)O3)cc3c2c2c(cc(B4OC(C)(C)C(C)(C)O4)cc21)CC3. The Morgan fingerprint density at radius 2 is 0.944 bits per heavy atom. The van der Waals surface area contributed by atoms with Crippen LogP contribution in [-0.4, -0.2) is 41.2 Å². The van der Waals surface area contributed by atoms with Crippen molar-refractivity contribution < 1.29 is 18.6 Å². The third kappa shape index (κ3) is 3.32. The summed E-state index contributed by atoms with van der Waals surface area (Å²) in [6, 6.07) is 9.53. The van der Waals surface area contributed by atoms with Crippen LogP contribution in [0.2, 0.25) is 0 Å². The lowest BCUT2D eigenvalue weighted by Crippen LogP contribution is -2.41. The van der Waals surface area contributed by atoms with Gasteiger partial charge in [0, 0.05) is 27.8 Å². The lowest BCUT2D eigenvalue weighted by Gasteiger charge is -2.32. The van der Waals surface area contributed by atoms with Gasteiger partial charge in [-0.15, -0.1) is 0 Å². The Hall–Kier alpha value is -1.79. The third-order valence-corrected chi connectivity index (χ3v) is 9.44. The van der Waals surface area contributed by atoms with Crippen molar-refractivity contribution in [1.82, 2.24) is 4.57 Å². The summed E-state index contributed by atoms with van der Waals surface area (Å²) in [7, 11) is -0.730. The highest BCUT2D eigenvalue weighted by molar-refractivity contribution is 6.63. The molecule has 2 saturated heterocycles. The van der Waals surface area contributed by atoms with E-state index in [0.717, 1.165) is 23.8 Å². The lowest BCUT2D eigenvalue weighted by atomic mass is 9.74. The predicted octanol–water partition coefficient (Wildman–Crippen LogP) is 5.07. The van der Waals surface area contributed by atoms with Gasteiger partial charge in [0.2, 0.25) is 0 Å². The van der Waals surface area contributed by atoms with Crippen LogP contribution in [0.1, 0.15) is 86.4 Å². The molecular formula is C29H39B2NO4. The molecule has 0 atom stereocenters. The molecule has 0 spiro atoms. The molecule has 0 saturated carbocycles. The summed E-state index contributed by atoms with van der Waals surface area (Å²) in [6.07, 6.45) is 2.00. The maximum Gasteiger partial charge on any atom is 0.494 e. The van der Waals surface area contributed by atoms with Crippen molar-refractivity contribution in [3.8, 4) is 0 Å². The average molecular weight is 487 g/mol. The Bertz CT molecular complexity index is 1270. The topological polar surface area (TPSA) is 41.9 Å². The summed E-state index contributed by atoms with van der Waals surface area (Å²) in [5.74, 6) is 0. The van der Waals surface area contributed by atoms with Gasteiger partial charge in [0.1, 0.15) is 0 Å². The molecule has 0 radical (unpaired) electrons. The third-order valence-electron chi connectivity index (χ3n) is 9.44. The average Bonchev–Trinajstić information content (AvgIpc) is 3.29. The van der Waals surface area contributed by atoms with Crippen molar-refractivity contribution in [2.75, 3.05) is 0 Å². The molecule has 6 rings (SSSR count). The maximum absolute atomic E-state index is 6.45. The number of aromatic nitrogens is 1. The van der Waals surface area contributed by atoms with Crippen molar-refractivity contribution in [2.24, 2.45) is 0 Å². The van der Waals surface area contributed by atoms with Crippen LogP contribution in [-0.2, 0) is 31.5 Å². The minimum atomic E-state index is -0.365. The zero-order chi connectivity index (χ0) is 26.0. The van der Waals surface area contributed by atoms with Crippen LogP contribution >= 0.6 is 0 Å². The number of rotatable bonds is 3. The Balaban J connectivity index is 1.54. The second-order valence-corrected chi connectivity index (χ2v) is 13.3. The number of aryl methyl sites for hydroxylation is 2. The minimum Gasteiger partial charge on any atom is -0.399 e. The van der Waals surface area contributed by atoms with Crippen LogP contribution in [0.15, 0.2) is 24.3 Å². The monoisotopic (exact) mass is 487 g/mol. The molecule has 2 aromatic carbocycles. The molecule has 0 N–H and O–H groups in total. The van der Waals surface area contributed by atoms with Gasteiger partial charge in [-0.3, -0.25) is 0 Å². The van der Waals surface area contributed by atoms with Gasteiger partial charge in [-0.25, -0.2) is 0 Å². The summed E-state index contributed by atoms with van der Waals surface area (Å²) in [5, 5.41) is 2.75. The van der Waals surface area contributed by atoms with Gasteiger partial charge in [0.05, 0.1) is 22.4 Å². The van der Waals surface area contributed by atoms with Crippen molar-refractivity contribution >= 4 is 47.0 Å². The highest BCUT2D eigenvalue weighted by Crippen LogP contribution is 2.42. The Morgan fingerprint density at radius 1 is 0.611 bits per heavy atom. The Labute approximate surface area is 216 Å². The molecule has 3 aliphatic rings. The molecule has 7 heteroatoms. The second-order valence-electron chi connectivity index (χ2n) is 13.3. The smallest absolute Gasteiger partial charge is 0.399 e. The van der Waals surface area contributed by atoms with Gasteiger partial charge in [-0.05, 0) is 116 Å². The summed E-state index contributed by atoms with van der Waals surface area (Å²) in [5.41, 5.74) is 6.06. The molecule has 1 aromatic heterocycles. The summed E-state index contributed by atoms with van der Waals surface area (Å²) in [6.45, 7) is 21.4. The van der Waals surface area contributed by atoms with Gasteiger partial charge in [-0.2, -0.15) is 0 Å². The molecule has 5 nitrogen and oxygen atoms in total. The van der Waals surface area contributed by atoms with E-state index >= 15 is 0 Å². The van der Waals surface area contributed by atoms with E-state index in [1.807, 2.05) is 0 Å². The Morgan fingerprint density at radius 3 is 1.25 bits per heavy atom. The molecule has 0 amide bonds. The largest absolute Gasteiger partial charge is 0.494 e. The molecule has 36 heavy (non-hydrogen) atoms. The number of hydrogen-bond acceptors (Lipinski definition) is 4. The fourth-order valence-corrected chi connectivity index (χ4v) is 5.96. The quantitative estimate of drug-likeness (QED) is 0.484. The zero-order valence-corrected chi connectivity index (χ0v) is 23.5. The minimum absolute atomic E-state index is 0.297. The van der Waals surface area contributed by atoms with Crippen LogP contribution in [0.25, 0.3) is 21.8 Å². The Kier molecular flexibility index (Phi) is 5.05. The molecule has 3 aromatic rings. The first-order valence-corrected chi connectivity index (χ1v) is 13.5. The maximum atomic E-state index is 6.45. The molecule has 2 aliphatic heterocycles. The lowest BCUT2D eigenvalue weighted by molar-refractivity contribution is 0.00578. The molecule has 1 aliphatic carbocycles. The fraction of sp³-hybridized carbons (Fsp3) is 0.586. The van der Waals surface area contributed by atoms with E-state index in [4.69, 9.17) is 18.6 Å². The van der Waals surface area contributed by atoms with Crippen LogP contribution in [0.4, 0.5) is 0 Å². The van der Waals surface area contributed by atoms with E-state index in [-0.39, 0.29) is 36.6 Å². The van der Waals surface area contributed by atoms with Crippen molar-refractivity contribution in [3.63, 3.8) is 0 Å². The first-order valence-electron chi connectivity index (χ1n) is 13.5. The summed E-state index contributed by atoms with van der Waals surface area (Å²) < 4.78 is 28.3. The summed E-state index contributed by atoms with van der Waals surface area (Å²) in [4.78, 5) is 0. The molecule has 3 heterocycles. The van der Waals surface area contributed by atoms with Gasteiger partial charge in [-0.1, -0.05) is 12.1 Å². The molecule has 0 bridgehead atoms. The van der Waals surface area contributed by atoms with Gasteiger partial charge >= 0.3 is 14.2 Å².